The number of anilines is 2. The number of rotatable bonds is 7. The van der Waals surface area contributed by atoms with E-state index in [0.29, 0.717) is 16.9 Å². The van der Waals surface area contributed by atoms with Crippen LogP contribution in [0.1, 0.15) is 6.42 Å². The molecule has 0 atom stereocenters. The smallest absolute Gasteiger partial charge is 0.323 e. The highest BCUT2D eigenvalue weighted by atomic mass is 16.6. The summed E-state index contributed by atoms with van der Waals surface area (Å²) in [4.78, 5) is 15.0. The van der Waals surface area contributed by atoms with Gasteiger partial charge in [-0.2, -0.15) is 0 Å². The third-order valence-corrected chi connectivity index (χ3v) is 4.23. The average molecular weight is 350 g/mol. The van der Waals surface area contributed by atoms with E-state index in [0.717, 1.165) is 45.8 Å². The number of fused-ring (bicyclic) bond motifs is 1. The van der Waals surface area contributed by atoms with E-state index in [1.807, 2.05) is 0 Å². The van der Waals surface area contributed by atoms with Gasteiger partial charge in [0.15, 0.2) is 5.52 Å². The molecule has 10 nitrogen and oxygen atoms in total. The maximum Gasteiger partial charge on any atom is 0.323 e. The summed E-state index contributed by atoms with van der Waals surface area (Å²) in [5.41, 5.74) is 1.59. The molecule has 136 valence electrons. The fourth-order valence-corrected chi connectivity index (χ4v) is 2.92. The van der Waals surface area contributed by atoms with Crippen LogP contribution in [0.25, 0.3) is 11.0 Å². The summed E-state index contributed by atoms with van der Waals surface area (Å²) >= 11 is 0. The minimum atomic E-state index is -0.454. The fourth-order valence-electron chi connectivity index (χ4n) is 2.92. The molecule has 0 aliphatic carbocycles. The Kier molecular flexibility index (Phi) is 5.29. The summed E-state index contributed by atoms with van der Waals surface area (Å²) in [6.07, 6.45) is 0.945. The molecule has 3 rings (SSSR count). The topological polar surface area (TPSA) is 110 Å². The minimum absolute atomic E-state index is 0.0971. The van der Waals surface area contributed by atoms with Gasteiger partial charge in [-0.05, 0) is 29.3 Å². The first kappa shape index (κ1) is 17.4. The number of nitro groups is 1. The Morgan fingerprint density at radius 2 is 2.04 bits per heavy atom. The van der Waals surface area contributed by atoms with E-state index in [1.54, 1.807) is 25.1 Å². The predicted molar refractivity (Wildman–Crippen MR) is 93.2 cm³/mol. The molecule has 0 amide bonds. The van der Waals surface area contributed by atoms with Gasteiger partial charge in [0.1, 0.15) is 5.69 Å². The first-order valence-electron chi connectivity index (χ1n) is 8.23. The van der Waals surface area contributed by atoms with Crippen molar-refractivity contribution < 1.29 is 14.3 Å². The van der Waals surface area contributed by atoms with Gasteiger partial charge in [-0.25, -0.2) is 4.63 Å². The van der Waals surface area contributed by atoms with E-state index in [1.165, 1.54) is 0 Å². The highest BCUT2D eigenvalue weighted by Crippen LogP contribution is 2.37. The highest BCUT2D eigenvalue weighted by molar-refractivity contribution is 5.99. The molecule has 25 heavy (non-hydrogen) atoms. The van der Waals surface area contributed by atoms with E-state index >= 15 is 0 Å². The summed E-state index contributed by atoms with van der Waals surface area (Å²) in [5, 5.41) is 22.3. The van der Waals surface area contributed by atoms with Crippen LogP contribution in [0.15, 0.2) is 10.7 Å². The number of benzene rings is 1. The third-order valence-electron chi connectivity index (χ3n) is 4.23. The molecule has 0 saturated carbocycles. The van der Waals surface area contributed by atoms with Crippen LogP contribution in [0.2, 0.25) is 0 Å². The average Bonchev–Trinajstić information content (AvgIpc) is 3.08. The van der Waals surface area contributed by atoms with Crippen molar-refractivity contribution >= 4 is 28.1 Å². The van der Waals surface area contributed by atoms with Gasteiger partial charge in [-0.1, -0.05) is 0 Å². The van der Waals surface area contributed by atoms with Crippen molar-refractivity contribution in [3.63, 3.8) is 0 Å². The molecule has 1 fully saturated rings. The normalized spacial score (nSPS) is 15.4. The van der Waals surface area contributed by atoms with Crippen molar-refractivity contribution in [2.45, 2.75) is 6.42 Å². The lowest BCUT2D eigenvalue weighted by Crippen LogP contribution is -2.37. The lowest BCUT2D eigenvalue weighted by molar-refractivity contribution is -0.382. The SMILES string of the molecule is CN(C)c1cc(NCCCN2CCOCC2)c2nonc2c1[N+](=O)[O-]. The summed E-state index contributed by atoms with van der Waals surface area (Å²) < 4.78 is 10.1. The molecule has 2 heterocycles. The second-order valence-corrected chi connectivity index (χ2v) is 6.14. The Balaban J connectivity index is 1.73. The van der Waals surface area contributed by atoms with Gasteiger partial charge in [-0.15, -0.1) is 0 Å². The Bertz CT molecular complexity index is 741. The molecule has 1 aromatic carbocycles. The predicted octanol–water partition coefficient (Wildman–Crippen LogP) is 1.33. The maximum absolute atomic E-state index is 11.4. The van der Waals surface area contributed by atoms with Crippen LogP contribution in [0.4, 0.5) is 17.1 Å². The van der Waals surface area contributed by atoms with Gasteiger partial charge in [0.25, 0.3) is 0 Å². The quantitative estimate of drug-likeness (QED) is 0.449. The molecule has 0 radical (unpaired) electrons. The number of aromatic nitrogens is 2. The van der Waals surface area contributed by atoms with E-state index in [2.05, 4.69) is 20.5 Å². The second kappa shape index (κ2) is 7.62. The summed E-state index contributed by atoms with van der Waals surface area (Å²) in [6, 6.07) is 1.72. The van der Waals surface area contributed by atoms with Gasteiger partial charge in [0.2, 0.25) is 5.52 Å². The monoisotopic (exact) mass is 350 g/mol. The number of ether oxygens (including phenoxy) is 1. The number of nitrogens with zero attached hydrogens (tertiary/aromatic N) is 5. The van der Waals surface area contributed by atoms with Gasteiger partial charge >= 0.3 is 5.69 Å². The molecule has 1 aliphatic heterocycles. The number of nitrogens with one attached hydrogen (secondary N) is 1. The van der Waals surface area contributed by atoms with Crippen molar-refractivity contribution in [3.8, 4) is 0 Å². The number of nitro benzene ring substituents is 1. The lowest BCUT2D eigenvalue weighted by atomic mass is 10.2. The van der Waals surface area contributed by atoms with Crippen molar-refractivity contribution in [1.29, 1.82) is 0 Å². The summed E-state index contributed by atoms with van der Waals surface area (Å²) in [6.45, 7) is 5.19. The Labute approximate surface area is 144 Å². The Morgan fingerprint density at radius 3 is 2.72 bits per heavy atom. The first-order valence-corrected chi connectivity index (χ1v) is 8.23. The largest absolute Gasteiger partial charge is 0.383 e. The van der Waals surface area contributed by atoms with Crippen molar-refractivity contribution in [2.75, 3.05) is 63.7 Å². The molecule has 1 aromatic heterocycles. The Hall–Kier alpha value is -2.46. The van der Waals surface area contributed by atoms with E-state index in [-0.39, 0.29) is 11.2 Å². The van der Waals surface area contributed by atoms with E-state index in [4.69, 9.17) is 9.37 Å². The van der Waals surface area contributed by atoms with Crippen LogP contribution in [0.3, 0.4) is 0 Å². The third kappa shape index (κ3) is 3.80. The van der Waals surface area contributed by atoms with Crippen LogP contribution in [0, 0.1) is 10.1 Å². The van der Waals surface area contributed by atoms with Crippen molar-refractivity contribution in [2.24, 2.45) is 0 Å². The first-order chi connectivity index (χ1) is 12.1. The number of hydrogen-bond acceptors (Lipinski definition) is 9. The van der Waals surface area contributed by atoms with Gasteiger partial charge in [-0.3, -0.25) is 15.0 Å². The summed E-state index contributed by atoms with van der Waals surface area (Å²) in [5.74, 6) is 0. The highest BCUT2D eigenvalue weighted by Gasteiger charge is 2.26. The summed E-state index contributed by atoms with van der Waals surface area (Å²) in [7, 11) is 3.51. The minimum Gasteiger partial charge on any atom is -0.383 e. The van der Waals surface area contributed by atoms with Crippen LogP contribution in [-0.4, -0.2) is 73.6 Å². The van der Waals surface area contributed by atoms with Crippen LogP contribution in [-0.2, 0) is 4.74 Å². The fraction of sp³-hybridized carbons (Fsp3) is 0.600. The molecule has 10 heteroatoms. The molecule has 1 saturated heterocycles. The molecular weight excluding hydrogens is 328 g/mol. The van der Waals surface area contributed by atoms with Crippen molar-refractivity contribution in [1.82, 2.24) is 15.2 Å². The van der Waals surface area contributed by atoms with Crippen LogP contribution < -0.4 is 10.2 Å². The zero-order valence-corrected chi connectivity index (χ0v) is 14.4. The molecule has 1 N–H and O–H groups in total. The molecular formula is C15H22N6O4. The molecule has 0 unspecified atom stereocenters. The zero-order chi connectivity index (χ0) is 17.8. The van der Waals surface area contributed by atoms with Crippen molar-refractivity contribution in [3.05, 3.63) is 16.2 Å². The Morgan fingerprint density at radius 1 is 1.32 bits per heavy atom. The van der Waals surface area contributed by atoms with E-state index in [9.17, 15) is 10.1 Å². The number of morpholine rings is 1. The van der Waals surface area contributed by atoms with Crippen LogP contribution in [0.5, 0.6) is 0 Å². The maximum atomic E-state index is 11.4. The van der Waals surface area contributed by atoms with Crippen LogP contribution >= 0.6 is 0 Å². The molecule has 1 aliphatic rings. The van der Waals surface area contributed by atoms with Gasteiger partial charge in [0, 0.05) is 33.7 Å². The molecule has 0 bridgehead atoms. The van der Waals surface area contributed by atoms with E-state index < -0.39 is 4.92 Å². The second-order valence-electron chi connectivity index (χ2n) is 6.14. The standard InChI is InChI=1S/C15H22N6O4/c1-19(2)12-10-11(13-14(18-25-17-13)15(12)21(22)23)16-4-3-5-20-6-8-24-9-7-20/h10,16H,3-9H2,1-2H3. The zero-order valence-electron chi connectivity index (χ0n) is 14.4. The lowest BCUT2D eigenvalue weighted by Gasteiger charge is -2.26. The molecule has 2 aromatic rings. The van der Waals surface area contributed by atoms with Gasteiger partial charge < -0.3 is 15.0 Å². The van der Waals surface area contributed by atoms with Gasteiger partial charge in [0.05, 0.1) is 23.8 Å². The molecule has 0 spiro atoms. The number of hydrogen-bond donors (Lipinski definition) is 1.